The Kier molecular flexibility index (Phi) is 6.75. The van der Waals surface area contributed by atoms with E-state index in [9.17, 15) is 14.0 Å². The van der Waals surface area contributed by atoms with Crippen LogP contribution in [0.25, 0.3) is 0 Å². The molecule has 0 radical (unpaired) electrons. The second-order valence-corrected chi connectivity index (χ2v) is 8.06. The Balaban J connectivity index is 1.56. The van der Waals surface area contributed by atoms with Crippen LogP contribution < -0.4 is 9.64 Å². The van der Waals surface area contributed by atoms with Crippen LogP contribution in [0.2, 0.25) is 0 Å². The molecule has 0 spiro atoms. The number of ketones is 1. The summed E-state index contributed by atoms with van der Waals surface area (Å²) in [5, 5.41) is 0. The van der Waals surface area contributed by atoms with Crippen molar-refractivity contribution < 1.29 is 18.7 Å². The van der Waals surface area contributed by atoms with Crippen LogP contribution >= 0.6 is 0 Å². The fourth-order valence-corrected chi connectivity index (χ4v) is 3.54. The van der Waals surface area contributed by atoms with Crippen molar-refractivity contribution in [3.8, 4) is 5.75 Å². The maximum Gasteiger partial charge on any atom is 0.260 e. The van der Waals surface area contributed by atoms with Gasteiger partial charge in [-0.2, -0.15) is 0 Å². The largest absolute Gasteiger partial charge is 0.483 e. The molecular weight excluding hydrogens is 383 g/mol. The van der Waals surface area contributed by atoms with Gasteiger partial charge >= 0.3 is 0 Å². The van der Waals surface area contributed by atoms with Gasteiger partial charge in [0.1, 0.15) is 11.6 Å². The van der Waals surface area contributed by atoms with Gasteiger partial charge in [-0.3, -0.25) is 9.59 Å². The van der Waals surface area contributed by atoms with Crippen molar-refractivity contribution in [1.82, 2.24) is 4.90 Å². The molecule has 3 rings (SSSR count). The minimum Gasteiger partial charge on any atom is -0.483 e. The Morgan fingerprint density at radius 2 is 1.77 bits per heavy atom. The van der Waals surface area contributed by atoms with Crippen molar-refractivity contribution in [2.75, 3.05) is 37.7 Å². The van der Waals surface area contributed by atoms with Crippen molar-refractivity contribution in [3.63, 3.8) is 0 Å². The summed E-state index contributed by atoms with van der Waals surface area (Å²) < 4.78 is 20.2. The van der Waals surface area contributed by atoms with E-state index in [1.807, 2.05) is 24.0 Å². The van der Waals surface area contributed by atoms with E-state index in [1.165, 1.54) is 18.6 Å². The van der Waals surface area contributed by atoms with Crippen molar-refractivity contribution in [2.24, 2.45) is 0 Å². The molecule has 1 aliphatic rings. The molecule has 2 aromatic carbocycles. The van der Waals surface area contributed by atoms with Crippen LogP contribution in [0.1, 0.15) is 48.2 Å². The second kappa shape index (κ2) is 9.28. The lowest BCUT2D eigenvalue weighted by molar-refractivity contribution is -0.133. The van der Waals surface area contributed by atoms with E-state index in [-0.39, 0.29) is 18.3 Å². The molecule has 0 unspecified atom stereocenters. The number of aryl methyl sites for hydroxylation is 1. The van der Waals surface area contributed by atoms with E-state index in [1.54, 1.807) is 17.0 Å². The number of hydrogen-bond donors (Lipinski definition) is 0. The van der Waals surface area contributed by atoms with E-state index in [0.717, 1.165) is 11.3 Å². The number of halogens is 1. The van der Waals surface area contributed by atoms with Crippen molar-refractivity contribution in [1.29, 1.82) is 0 Å². The van der Waals surface area contributed by atoms with E-state index < -0.39 is 5.82 Å². The summed E-state index contributed by atoms with van der Waals surface area (Å²) in [6, 6.07) is 10.6. The first-order valence-electron chi connectivity index (χ1n) is 10.3. The van der Waals surface area contributed by atoms with Gasteiger partial charge in [-0.25, -0.2) is 4.39 Å². The third-order valence-electron chi connectivity index (χ3n) is 5.56. The number of Topliss-reactive ketones (excluding diaryl/α,β-unsaturated/α-hetero) is 1. The molecule has 0 N–H and O–H groups in total. The predicted molar refractivity (Wildman–Crippen MR) is 116 cm³/mol. The molecule has 1 aliphatic heterocycles. The molecule has 1 heterocycles. The van der Waals surface area contributed by atoms with E-state index in [4.69, 9.17) is 4.74 Å². The molecule has 30 heavy (non-hydrogen) atoms. The molecule has 1 fully saturated rings. The first-order valence-corrected chi connectivity index (χ1v) is 10.3. The summed E-state index contributed by atoms with van der Waals surface area (Å²) in [5.74, 6) is 0.482. The van der Waals surface area contributed by atoms with Crippen molar-refractivity contribution >= 4 is 17.4 Å². The lowest BCUT2D eigenvalue weighted by Gasteiger charge is -2.36. The minimum absolute atomic E-state index is 0.00986. The van der Waals surface area contributed by atoms with Gasteiger partial charge in [0.2, 0.25) is 0 Å². The smallest absolute Gasteiger partial charge is 0.260 e. The molecule has 0 bridgehead atoms. The third kappa shape index (κ3) is 4.99. The van der Waals surface area contributed by atoms with Crippen LogP contribution in [-0.2, 0) is 4.79 Å². The minimum atomic E-state index is -0.411. The average Bonchev–Trinajstić information content (AvgIpc) is 2.72. The van der Waals surface area contributed by atoms with Crippen molar-refractivity contribution in [2.45, 2.75) is 33.6 Å². The second-order valence-electron chi connectivity index (χ2n) is 8.06. The average molecular weight is 413 g/mol. The Morgan fingerprint density at radius 3 is 2.37 bits per heavy atom. The summed E-state index contributed by atoms with van der Waals surface area (Å²) in [5.41, 5.74) is 3.00. The molecule has 160 valence electrons. The van der Waals surface area contributed by atoms with Gasteiger partial charge in [0.25, 0.3) is 5.91 Å². The standard InChI is InChI=1S/C24H29FN2O3/c1-16(2)19-6-5-17(3)23(14-19)30-15-24(29)27-11-9-26(10-12-27)22-8-7-20(18(4)28)13-21(22)25/h5-8,13-14,16H,9-12,15H2,1-4H3. The third-order valence-corrected chi connectivity index (χ3v) is 5.56. The molecule has 0 aromatic heterocycles. The van der Waals surface area contributed by atoms with Crippen LogP contribution in [0, 0.1) is 12.7 Å². The number of benzene rings is 2. The van der Waals surface area contributed by atoms with Gasteiger partial charge in [0.15, 0.2) is 12.4 Å². The normalized spacial score (nSPS) is 14.2. The van der Waals surface area contributed by atoms with Gasteiger partial charge in [-0.05, 0) is 55.2 Å². The summed E-state index contributed by atoms with van der Waals surface area (Å²) in [6.07, 6.45) is 0. The highest BCUT2D eigenvalue weighted by molar-refractivity contribution is 5.94. The first-order chi connectivity index (χ1) is 14.3. The Morgan fingerprint density at radius 1 is 1.07 bits per heavy atom. The number of ether oxygens (including phenoxy) is 1. The number of amides is 1. The van der Waals surface area contributed by atoms with Gasteiger partial charge in [0.05, 0.1) is 5.69 Å². The Bertz CT molecular complexity index is 934. The molecule has 2 aromatic rings. The summed E-state index contributed by atoms with van der Waals surface area (Å²) in [4.78, 5) is 27.7. The summed E-state index contributed by atoms with van der Waals surface area (Å²) in [6.45, 7) is 9.68. The van der Waals surface area contributed by atoms with Crippen molar-refractivity contribution in [3.05, 3.63) is 58.9 Å². The van der Waals surface area contributed by atoms with Crippen LogP contribution in [0.15, 0.2) is 36.4 Å². The Labute approximate surface area is 177 Å². The van der Waals surface area contributed by atoms with Gasteiger partial charge < -0.3 is 14.5 Å². The van der Waals surface area contributed by atoms with E-state index in [2.05, 4.69) is 19.9 Å². The maximum atomic E-state index is 14.4. The van der Waals surface area contributed by atoms with Crippen LogP contribution in [0.3, 0.4) is 0 Å². The lowest BCUT2D eigenvalue weighted by atomic mass is 10.0. The number of carbonyl (C=O) groups excluding carboxylic acids is 2. The number of nitrogens with zero attached hydrogens (tertiary/aromatic N) is 2. The van der Waals surface area contributed by atoms with E-state index in [0.29, 0.717) is 43.3 Å². The highest BCUT2D eigenvalue weighted by atomic mass is 19.1. The zero-order valence-corrected chi connectivity index (χ0v) is 18.1. The van der Waals surface area contributed by atoms with Crippen LogP contribution in [0.4, 0.5) is 10.1 Å². The summed E-state index contributed by atoms with van der Waals surface area (Å²) in [7, 11) is 0. The number of piperazine rings is 1. The molecule has 1 amide bonds. The lowest BCUT2D eigenvalue weighted by Crippen LogP contribution is -2.50. The van der Waals surface area contributed by atoms with Gasteiger partial charge in [0, 0.05) is 31.7 Å². The Hall–Kier alpha value is -2.89. The highest BCUT2D eigenvalue weighted by Crippen LogP contribution is 2.25. The summed E-state index contributed by atoms with van der Waals surface area (Å²) >= 11 is 0. The molecule has 6 heteroatoms. The predicted octanol–water partition coefficient (Wildman–Crippen LogP) is 4.19. The highest BCUT2D eigenvalue weighted by Gasteiger charge is 2.23. The molecular formula is C24H29FN2O3. The number of anilines is 1. The SMILES string of the molecule is CC(=O)c1ccc(N2CCN(C(=O)COc3cc(C(C)C)ccc3C)CC2)c(F)c1. The number of carbonyl (C=O) groups is 2. The monoisotopic (exact) mass is 412 g/mol. The number of rotatable bonds is 6. The molecule has 0 atom stereocenters. The van der Waals surface area contributed by atoms with Gasteiger partial charge in [-0.1, -0.05) is 26.0 Å². The molecule has 0 saturated carbocycles. The molecule has 5 nitrogen and oxygen atoms in total. The number of hydrogen-bond acceptors (Lipinski definition) is 4. The van der Waals surface area contributed by atoms with E-state index >= 15 is 0 Å². The molecule has 1 saturated heterocycles. The quantitative estimate of drug-likeness (QED) is 0.668. The zero-order valence-electron chi connectivity index (χ0n) is 18.1. The maximum absolute atomic E-state index is 14.4. The van der Waals surface area contributed by atoms with Crippen LogP contribution in [-0.4, -0.2) is 49.4 Å². The first kappa shape index (κ1) is 21.8. The fraction of sp³-hybridized carbons (Fsp3) is 0.417. The fourth-order valence-electron chi connectivity index (χ4n) is 3.54. The van der Waals surface area contributed by atoms with Crippen LogP contribution in [0.5, 0.6) is 5.75 Å². The van der Waals surface area contributed by atoms with Gasteiger partial charge in [-0.15, -0.1) is 0 Å². The zero-order chi connectivity index (χ0) is 21.8. The molecule has 0 aliphatic carbocycles. The topological polar surface area (TPSA) is 49.9 Å².